The van der Waals surface area contributed by atoms with Gasteiger partial charge >= 0.3 is 189 Å². The van der Waals surface area contributed by atoms with Crippen LogP contribution in [0.5, 0.6) is 0 Å². The van der Waals surface area contributed by atoms with Gasteiger partial charge in [0.15, 0.2) is 0 Å². The summed E-state index contributed by atoms with van der Waals surface area (Å²) in [6.07, 6.45) is 13.6. The molecule has 0 N–H and O–H groups in total. The number of hydrogen-bond acceptors (Lipinski definition) is 0. The van der Waals surface area contributed by atoms with Crippen LogP contribution in [0.25, 0.3) is 11.4 Å². The van der Waals surface area contributed by atoms with E-state index in [1.807, 2.05) is 0 Å². The predicted octanol–water partition coefficient (Wildman–Crippen LogP) is 5.31. The molecule has 0 bridgehead atoms. The fraction of sp³-hybridized carbons (Fsp3) is 0.0400. The zero-order chi connectivity index (χ0) is 22.2. The van der Waals surface area contributed by atoms with Gasteiger partial charge in [-0.2, -0.15) is 0 Å². The van der Waals surface area contributed by atoms with E-state index in [1.165, 1.54) is 33.4 Å². The van der Waals surface area contributed by atoms with Crippen LogP contribution in [0.2, 0.25) is 4.22 Å². The summed E-state index contributed by atoms with van der Waals surface area (Å²) >= 11 is -3.50. The van der Waals surface area contributed by atoms with E-state index >= 15 is 17.6 Å². The summed E-state index contributed by atoms with van der Waals surface area (Å²) in [4.78, 5) is 0. The second-order valence-corrected chi connectivity index (χ2v) is 11.3. The van der Waals surface area contributed by atoms with Crippen molar-refractivity contribution in [1.29, 1.82) is 0 Å². The van der Waals surface area contributed by atoms with Crippen LogP contribution in [-0.4, -0.2) is 9.13 Å². The van der Waals surface area contributed by atoms with Crippen molar-refractivity contribution in [2.24, 2.45) is 0 Å². The fourth-order valence-electron chi connectivity index (χ4n) is 4.05. The summed E-state index contributed by atoms with van der Waals surface area (Å²) in [6.45, 7) is 0. The van der Waals surface area contributed by atoms with E-state index in [2.05, 4.69) is 0 Å². The Balaban J connectivity index is 1.77. The maximum atomic E-state index is 15.8. The molecule has 1 aliphatic rings. The van der Waals surface area contributed by atoms with Gasteiger partial charge in [0.1, 0.15) is 0 Å². The van der Waals surface area contributed by atoms with Gasteiger partial charge < -0.3 is 0 Å². The van der Waals surface area contributed by atoms with Gasteiger partial charge in [0.25, 0.3) is 0 Å². The average Bonchev–Trinajstić information content (AvgIpc) is 3.56. The number of rotatable bonds is 5. The third-order valence-corrected chi connectivity index (χ3v) is 10.3. The van der Waals surface area contributed by atoms with Crippen molar-refractivity contribution < 1.29 is 35.4 Å². The van der Waals surface area contributed by atoms with Crippen LogP contribution < -0.4 is 7.74 Å². The molecule has 0 atom stereocenters. The summed E-state index contributed by atoms with van der Waals surface area (Å²) in [7, 11) is 0. The van der Waals surface area contributed by atoms with Crippen LogP contribution in [0.1, 0.15) is 0 Å². The van der Waals surface area contributed by atoms with Crippen LogP contribution in [0, 0.1) is 23.3 Å². The minimum absolute atomic E-state index is 0.143. The molecule has 4 aromatic rings. The molecule has 0 saturated heterocycles. The van der Waals surface area contributed by atoms with E-state index in [-0.39, 0.29) is 19.1 Å². The van der Waals surface area contributed by atoms with E-state index < -0.39 is 45.4 Å². The Hall–Kier alpha value is -3.09. The summed E-state index contributed by atoms with van der Waals surface area (Å²) in [5, 5.41) is 0. The van der Waals surface area contributed by atoms with Gasteiger partial charge in [0.2, 0.25) is 0 Å². The van der Waals surface area contributed by atoms with Gasteiger partial charge in [-0.15, -0.1) is 0 Å². The Bertz CT molecular complexity index is 1220. The number of allylic oxidation sites excluding steroid dienone is 4. The summed E-state index contributed by atoms with van der Waals surface area (Å²) in [5.41, 5.74) is 0.287. The standard InChI is InChI=1S/2C10H6F2N.C5H5.Ti/c2*11-8-3-4-10(9(12)7-8)13-5-1-2-6-13;1-2-4-5-3-1;/h2*1-6H;1-5H;/q;;;+1. The van der Waals surface area contributed by atoms with Crippen LogP contribution in [-0.2, 0) is 17.9 Å². The summed E-state index contributed by atoms with van der Waals surface area (Å²) in [6, 6.07) is 11.9. The molecule has 2 heterocycles. The SMILES string of the molecule is Fc1ccc(-n2cccc2)c(F)[c]1[Ti+]([c]1c(F)ccc(-n2cccc2)c1F)[CH]1C=CC=C1. The van der Waals surface area contributed by atoms with Gasteiger partial charge in [-0.25, -0.2) is 0 Å². The van der Waals surface area contributed by atoms with Crippen LogP contribution in [0.4, 0.5) is 17.6 Å². The first-order chi connectivity index (χ1) is 15.6. The number of halogens is 4. The third kappa shape index (κ3) is 3.49. The quantitative estimate of drug-likeness (QED) is 0.277. The second-order valence-electron chi connectivity index (χ2n) is 7.40. The normalized spacial score (nSPS) is 13.2. The Morgan fingerprint density at radius 1 is 0.594 bits per heavy atom. The first kappa shape index (κ1) is 20.8. The van der Waals surface area contributed by atoms with Gasteiger partial charge in [0.05, 0.1) is 0 Å². The van der Waals surface area contributed by atoms with E-state index in [4.69, 9.17) is 0 Å². The molecule has 0 unspecified atom stereocenters. The molecule has 0 fully saturated rings. The van der Waals surface area contributed by atoms with Crippen molar-refractivity contribution in [3.63, 3.8) is 0 Å². The summed E-state index contributed by atoms with van der Waals surface area (Å²) < 4.78 is 64.2. The maximum absolute atomic E-state index is 15.8. The molecule has 0 aliphatic heterocycles. The third-order valence-electron chi connectivity index (χ3n) is 5.53. The topological polar surface area (TPSA) is 9.86 Å². The molecule has 158 valence electrons. The van der Waals surface area contributed by atoms with Crippen molar-refractivity contribution in [1.82, 2.24) is 9.13 Å². The van der Waals surface area contributed by atoms with Gasteiger partial charge in [0, 0.05) is 0 Å². The van der Waals surface area contributed by atoms with E-state index in [1.54, 1.807) is 73.4 Å². The number of aromatic nitrogens is 2. The minimum atomic E-state index is -3.50. The molecule has 1 aliphatic carbocycles. The monoisotopic (exact) mass is 469 g/mol. The zero-order valence-electron chi connectivity index (χ0n) is 16.7. The molecule has 0 radical (unpaired) electrons. The van der Waals surface area contributed by atoms with Crippen molar-refractivity contribution in [3.8, 4) is 11.4 Å². The van der Waals surface area contributed by atoms with Crippen LogP contribution in [0.15, 0.2) is 97.6 Å². The van der Waals surface area contributed by atoms with Gasteiger partial charge in [-0.3, -0.25) is 0 Å². The summed E-state index contributed by atoms with van der Waals surface area (Å²) in [5.74, 6) is -3.13. The Kier molecular flexibility index (Phi) is 5.49. The molecular weight excluding hydrogens is 452 g/mol. The number of hydrogen-bond donors (Lipinski definition) is 0. The first-order valence-corrected chi connectivity index (χ1v) is 12.5. The molecule has 0 spiro atoms. The molecule has 2 aromatic heterocycles. The average molecular weight is 469 g/mol. The number of nitrogens with zero attached hydrogens (tertiary/aromatic N) is 2. The van der Waals surface area contributed by atoms with Crippen molar-refractivity contribution >= 4 is 7.74 Å². The van der Waals surface area contributed by atoms with Crippen LogP contribution >= 0.6 is 0 Å². The van der Waals surface area contributed by atoms with Crippen molar-refractivity contribution in [2.45, 2.75) is 4.22 Å². The van der Waals surface area contributed by atoms with Crippen LogP contribution in [0.3, 0.4) is 0 Å². The predicted molar refractivity (Wildman–Crippen MR) is 113 cm³/mol. The fourth-order valence-corrected chi connectivity index (χ4v) is 8.63. The Labute approximate surface area is 188 Å². The molecule has 0 amide bonds. The number of benzene rings is 2. The molecule has 2 nitrogen and oxygen atoms in total. The first-order valence-electron chi connectivity index (χ1n) is 10.0. The molecular formula is C25H17F4N2Ti+. The van der Waals surface area contributed by atoms with Crippen molar-refractivity contribution in [3.05, 3.63) is 121 Å². The molecule has 32 heavy (non-hydrogen) atoms. The van der Waals surface area contributed by atoms with Crippen molar-refractivity contribution in [2.75, 3.05) is 0 Å². The van der Waals surface area contributed by atoms with Gasteiger partial charge in [-0.1, -0.05) is 0 Å². The van der Waals surface area contributed by atoms with Gasteiger partial charge in [-0.05, 0) is 0 Å². The molecule has 0 saturated carbocycles. The molecule has 7 heteroatoms. The zero-order valence-corrected chi connectivity index (χ0v) is 18.3. The van der Waals surface area contributed by atoms with E-state index in [0.29, 0.717) is 0 Å². The Morgan fingerprint density at radius 2 is 1.00 bits per heavy atom. The van der Waals surface area contributed by atoms with E-state index in [0.717, 1.165) is 0 Å². The second kappa shape index (κ2) is 8.45. The molecule has 2 aromatic carbocycles. The molecule has 5 rings (SSSR count). The Morgan fingerprint density at radius 3 is 1.41 bits per heavy atom. The van der Waals surface area contributed by atoms with E-state index in [9.17, 15) is 0 Å².